The van der Waals surface area contributed by atoms with Crippen LogP contribution in [0.25, 0.3) is 4.96 Å². The Balaban J connectivity index is 1.34. The molecule has 0 amide bonds. The maximum atomic E-state index is 9.05. The lowest BCUT2D eigenvalue weighted by molar-refractivity contribution is 0.241. The fourth-order valence-electron chi connectivity index (χ4n) is 3.85. The summed E-state index contributed by atoms with van der Waals surface area (Å²) in [6.07, 6.45) is 6.01. The Kier molecular flexibility index (Phi) is 4.75. The lowest BCUT2D eigenvalue weighted by Crippen LogP contribution is -2.24. The van der Waals surface area contributed by atoms with Gasteiger partial charge in [0.15, 0.2) is 10.1 Å². The normalized spacial score (nSPS) is 17.0. The van der Waals surface area contributed by atoms with Crippen molar-refractivity contribution >= 4 is 38.6 Å². The highest BCUT2D eigenvalue weighted by Crippen LogP contribution is 2.35. The van der Waals surface area contributed by atoms with E-state index in [4.69, 9.17) is 10.2 Å². The van der Waals surface area contributed by atoms with Gasteiger partial charge in [-0.05, 0) is 38.4 Å². The number of thiazole rings is 2. The number of pyridine rings is 1. The first kappa shape index (κ1) is 18.2. The van der Waals surface area contributed by atoms with E-state index in [0.29, 0.717) is 17.4 Å². The van der Waals surface area contributed by atoms with Crippen LogP contribution in [0, 0.1) is 18.3 Å². The molecule has 0 radical (unpaired) electrons. The lowest BCUT2D eigenvalue weighted by Gasteiger charge is -2.23. The van der Waals surface area contributed by atoms with E-state index >= 15 is 0 Å². The van der Waals surface area contributed by atoms with E-state index in [1.54, 1.807) is 41.0 Å². The molecule has 4 aromatic rings. The van der Waals surface area contributed by atoms with Gasteiger partial charge >= 0.3 is 0 Å². The van der Waals surface area contributed by atoms with Crippen LogP contribution in [0.5, 0.6) is 0 Å². The molecule has 1 aliphatic rings. The van der Waals surface area contributed by atoms with Gasteiger partial charge in [0.2, 0.25) is 0 Å². The minimum Gasteiger partial charge on any atom is -0.316 e. The topological polar surface area (TPSA) is 82.1 Å². The zero-order valence-corrected chi connectivity index (χ0v) is 17.5. The van der Waals surface area contributed by atoms with Gasteiger partial charge in [-0.25, -0.2) is 15.0 Å². The summed E-state index contributed by atoms with van der Waals surface area (Å²) in [6, 6.07) is 5.87. The fourth-order valence-corrected chi connectivity index (χ4v) is 5.39. The van der Waals surface area contributed by atoms with Crippen LogP contribution in [0.1, 0.15) is 41.5 Å². The summed E-state index contributed by atoms with van der Waals surface area (Å²) < 4.78 is 2.21. The quantitative estimate of drug-likeness (QED) is 0.511. The summed E-state index contributed by atoms with van der Waals surface area (Å²) in [5.74, 6) is 0.642. The van der Waals surface area contributed by atoms with Crippen LogP contribution in [0.3, 0.4) is 0 Å². The molecule has 9 heteroatoms. The number of rotatable bonds is 5. The van der Waals surface area contributed by atoms with Crippen molar-refractivity contribution in [2.45, 2.75) is 32.4 Å². The third-order valence-electron chi connectivity index (χ3n) is 5.27. The largest absolute Gasteiger partial charge is 0.316 e. The van der Waals surface area contributed by atoms with E-state index in [9.17, 15) is 0 Å². The van der Waals surface area contributed by atoms with Crippen molar-refractivity contribution in [1.29, 1.82) is 5.26 Å². The highest BCUT2D eigenvalue weighted by Gasteiger charge is 2.29. The Labute approximate surface area is 176 Å². The summed E-state index contributed by atoms with van der Waals surface area (Å²) in [7, 11) is 0. The number of likely N-dealkylation sites (tertiary alicyclic amines) is 1. The Morgan fingerprint density at radius 2 is 2.28 bits per heavy atom. The van der Waals surface area contributed by atoms with Crippen molar-refractivity contribution in [2.24, 2.45) is 0 Å². The first-order valence-electron chi connectivity index (χ1n) is 9.45. The maximum absolute atomic E-state index is 9.05. The molecule has 1 unspecified atom stereocenters. The van der Waals surface area contributed by atoms with Gasteiger partial charge in [0, 0.05) is 29.7 Å². The smallest absolute Gasteiger partial charge is 0.194 e. The molecule has 7 nitrogen and oxygen atoms in total. The third kappa shape index (κ3) is 3.51. The van der Waals surface area contributed by atoms with Gasteiger partial charge in [-0.15, -0.1) is 22.7 Å². The number of fused-ring (bicyclic) bond motifs is 1. The van der Waals surface area contributed by atoms with Gasteiger partial charge in [0.1, 0.15) is 5.82 Å². The SMILES string of the molecule is Cc1nc2sccn2c1CN1CCCC1c1csc(Nc2cc(C#N)ccn2)n1. The Morgan fingerprint density at radius 1 is 1.34 bits per heavy atom. The molecule has 1 N–H and O–H groups in total. The number of imidazole rings is 1. The standard InChI is InChI=1S/C20H19N7S2/c1-13-17(27-7-8-28-20(27)23-13)11-26-6-2-3-16(26)15-12-29-19(24-15)25-18-9-14(10-21)4-5-22-18/h4-5,7-9,12,16H,2-3,6,11H2,1H3,(H,22,24,25). The van der Waals surface area contributed by atoms with Crippen molar-refractivity contribution in [3.8, 4) is 6.07 Å². The molecule has 0 bridgehead atoms. The second-order valence-electron chi connectivity index (χ2n) is 7.07. The van der Waals surface area contributed by atoms with Crippen LogP contribution in [0.4, 0.5) is 10.9 Å². The van der Waals surface area contributed by atoms with Crippen molar-refractivity contribution in [1.82, 2.24) is 24.3 Å². The predicted octanol–water partition coefficient (Wildman–Crippen LogP) is 4.51. The Bertz CT molecular complexity index is 1200. The minimum atomic E-state index is 0.309. The molecule has 1 atom stereocenters. The second-order valence-corrected chi connectivity index (χ2v) is 8.80. The second kappa shape index (κ2) is 7.55. The monoisotopic (exact) mass is 421 g/mol. The van der Waals surface area contributed by atoms with Gasteiger partial charge in [-0.1, -0.05) is 0 Å². The summed E-state index contributed by atoms with van der Waals surface area (Å²) in [5.41, 5.74) is 4.04. The minimum absolute atomic E-state index is 0.309. The summed E-state index contributed by atoms with van der Waals surface area (Å²) in [4.78, 5) is 17.3. The van der Waals surface area contributed by atoms with E-state index < -0.39 is 0 Å². The van der Waals surface area contributed by atoms with Crippen molar-refractivity contribution in [3.63, 3.8) is 0 Å². The zero-order valence-electron chi connectivity index (χ0n) is 15.9. The highest BCUT2D eigenvalue weighted by atomic mass is 32.1. The Hall–Kier alpha value is -2.80. The van der Waals surface area contributed by atoms with Gasteiger partial charge in [-0.2, -0.15) is 5.26 Å². The number of hydrogen-bond acceptors (Lipinski definition) is 8. The molecule has 5 heterocycles. The molecule has 4 aromatic heterocycles. The molecule has 5 rings (SSSR count). The molecule has 1 saturated heterocycles. The van der Waals surface area contributed by atoms with Crippen LogP contribution < -0.4 is 5.32 Å². The maximum Gasteiger partial charge on any atom is 0.194 e. The van der Waals surface area contributed by atoms with Gasteiger partial charge in [-0.3, -0.25) is 9.30 Å². The number of nitrogens with one attached hydrogen (secondary N) is 1. The van der Waals surface area contributed by atoms with E-state index in [1.165, 1.54) is 12.1 Å². The Morgan fingerprint density at radius 3 is 3.17 bits per heavy atom. The number of aryl methyl sites for hydroxylation is 1. The van der Waals surface area contributed by atoms with Crippen molar-refractivity contribution in [2.75, 3.05) is 11.9 Å². The number of nitriles is 1. The summed E-state index contributed by atoms with van der Waals surface area (Å²) in [5, 5.41) is 17.3. The van der Waals surface area contributed by atoms with Crippen LogP contribution in [0.2, 0.25) is 0 Å². The molecule has 1 fully saturated rings. The number of anilines is 2. The molecule has 0 aliphatic carbocycles. The van der Waals surface area contributed by atoms with Crippen molar-refractivity contribution < 1.29 is 0 Å². The van der Waals surface area contributed by atoms with Crippen LogP contribution in [-0.4, -0.2) is 30.8 Å². The molecule has 29 heavy (non-hydrogen) atoms. The first-order chi connectivity index (χ1) is 14.2. The molecule has 0 saturated carbocycles. The first-order valence-corrected chi connectivity index (χ1v) is 11.2. The zero-order chi connectivity index (χ0) is 19.8. The van der Waals surface area contributed by atoms with Crippen LogP contribution in [-0.2, 0) is 6.54 Å². The van der Waals surface area contributed by atoms with Crippen LogP contribution in [0.15, 0.2) is 35.3 Å². The van der Waals surface area contributed by atoms with Gasteiger partial charge < -0.3 is 5.32 Å². The predicted molar refractivity (Wildman–Crippen MR) is 115 cm³/mol. The number of nitrogens with zero attached hydrogens (tertiary/aromatic N) is 6. The van der Waals surface area contributed by atoms with Crippen molar-refractivity contribution in [3.05, 3.63) is 57.9 Å². The van der Waals surface area contributed by atoms with E-state index in [1.807, 2.05) is 0 Å². The number of hydrogen-bond donors (Lipinski definition) is 1. The highest BCUT2D eigenvalue weighted by molar-refractivity contribution is 7.15. The lowest BCUT2D eigenvalue weighted by atomic mass is 10.1. The van der Waals surface area contributed by atoms with E-state index in [-0.39, 0.29) is 0 Å². The molecule has 1 aliphatic heterocycles. The molecule has 0 spiro atoms. The number of aromatic nitrogens is 4. The average molecular weight is 422 g/mol. The fraction of sp³-hybridized carbons (Fsp3) is 0.300. The molecule has 146 valence electrons. The summed E-state index contributed by atoms with van der Waals surface area (Å²) in [6.45, 7) is 4.03. The van der Waals surface area contributed by atoms with Gasteiger partial charge in [0.25, 0.3) is 0 Å². The third-order valence-corrected chi connectivity index (χ3v) is 6.80. The average Bonchev–Trinajstić information content (AvgIpc) is 3.49. The van der Waals surface area contributed by atoms with E-state index in [0.717, 1.165) is 41.0 Å². The molecular weight excluding hydrogens is 402 g/mol. The summed E-state index contributed by atoms with van der Waals surface area (Å²) >= 11 is 3.25. The molecule has 0 aromatic carbocycles. The van der Waals surface area contributed by atoms with E-state index in [2.05, 4.69) is 54.5 Å². The molecular formula is C20H19N7S2. The van der Waals surface area contributed by atoms with Crippen LogP contribution >= 0.6 is 22.7 Å². The van der Waals surface area contributed by atoms with Gasteiger partial charge in [0.05, 0.1) is 34.8 Å².